The van der Waals surface area contributed by atoms with Crippen LogP contribution in [-0.4, -0.2) is 25.3 Å². The van der Waals surface area contributed by atoms with Crippen LogP contribution < -0.4 is 5.32 Å². The van der Waals surface area contributed by atoms with Gasteiger partial charge in [0, 0.05) is 19.2 Å². The Hall–Kier alpha value is -0.0800. The molecule has 0 heterocycles. The summed E-state index contributed by atoms with van der Waals surface area (Å²) < 4.78 is 6.13. The van der Waals surface area contributed by atoms with Gasteiger partial charge in [0.25, 0.3) is 0 Å². The molecule has 0 radical (unpaired) electrons. The maximum atomic E-state index is 6.13. The molecule has 17 heavy (non-hydrogen) atoms. The fraction of sp³-hybridized carbons (Fsp3) is 1.00. The lowest BCUT2D eigenvalue weighted by Gasteiger charge is -2.27. The van der Waals surface area contributed by atoms with Crippen molar-refractivity contribution in [2.45, 2.75) is 71.9 Å². The first kappa shape index (κ1) is 15.0. The number of nitrogens with one attached hydrogen (secondary N) is 1. The van der Waals surface area contributed by atoms with E-state index in [2.05, 4.69) is 33.0 Å². The average molecular weight is 241 g/mol. The molecule has 0 aromatic heterocycles. The minimum atomic E-state index is 0.374. The van der Waals surface area contributed by atoms with Crippen molar-refractivity contribution in [1.82, 2.24) is 5.32 Å². The van der Waals surface area contributed by atoms with Crippen LogP contribution in [0.4, 0.5) is 0 Å². The summed E-state index contributed by atoms with van der Waals surface area (Å²) in [6.45, 7) is 10.9. The zero-order valence-corrected chi connectivity index (χ0v) is 12.2. The molecule has 102 valence electrons. The third kappa shape index (κ3) is 6.42. The van der Waals surface area contributed by atoms with Crippen LogP contribution in [-0.2, 0) is 4.74 Å². The van der Waals surface area contributed by atoms with Gasteiger partial charge in [0.05, 0.1) is 6.10 Å². The highest BCUT2D eigenvalue weighted by molar-refractivity contribution is 4.70. The minimum Gasteiger partial charge on any atom is -0.376 e. The summed E-state index contributed by atoms with van der Waals surface area (Å²) in [6, 6.07) is 0.550. The molecule has 0 aromatic rings. The van der Waals surface area contributed by atoms with E-state index in [1.165, 1.54) is 32.1 Å². The fourth-order valence-electron chi connectivity index (χ4n) is 2.45. The van der Waals surface area contributed by atoms with Crippen molar-refractivity contribution in [2.24, 2.45) is 11.8 Å². The molecule has 0 amide bonds. The summed E-state index contributed by atoms with van der Waals surface area (Å²) in [5.41, 5.74) is 0. The molecule has 1 aliphatic carbocycles. The molecule has 0 spiro atoms. The van der Waals surface area contributed by atoms with Gasteiger partial charge in [0.15, 0.2) is 0 Å². The first-order valence-corrected chi connectivity index (χ1v) is 7.44. The van der Waals surface area contributed by atoms with Crippen molar-refractivity contribution in [3.05, 3.63) is 0 Å². The van der Waals surface area contributed by atoms with E-state index in [-0.39, 0.29) is 0 Å². The Kier molecular flexibility index (Phi) is 7.14. The molecular weight excluding hydrogens is 210 g/mol. The molecule has 1 unspecified atom stereocenters. The third-order valence-electron chi connectivity index (χ3n) is 3.74. The van der Waals surface area contributed by atoms with E-state index in [9.17, 15) is 0 Å². The predicted octanol–water partition coefficient (Wildman–Crippen LogP) is 3.61. The number of ether oxygens (including phenoxy) is 1. The van der Waals surface area contributed by atoms with E-state index in [4.69, 9.17) is 4.74 Å². The van der Waals surface area contributed by atoms with Crippen LogP contribution in [0.3, 0.4) is 0 Å². The largest absolute Gasteiger partial charge is 0.376 e. The standard InChI is InChI=1S/C15H31NO/c1-12(2)15(10-16-13(3)4)17-11-14-8-6-5-7-9-14/h12-16H,5-11H2,1-4H3. The Balaban J connectivity index is 2.23. The van der Waals surface area contributed by atoms with Crippen LogP contribution in [0.25, 0.3) is 0 Å². The Bertz CT molecular complexity index is 185. The predicted molar refractivity (Wildman–Crippen MR) is 74.3 cm³/mol. The number of hydrogen-bond donors (Lipinski definition) is 1. The molecule has 1 saturated carbocycles. The van der Waals surface area contributed by atoms with Gasteiger partial charge in [-0.25, -0.2) is 0 Å². The van der Waals surface area contributed by atoms with Crippen molar-refractivity contribution in [2.75, 3.05) is 13.2 Å². The normalized spacial score (nSPS) is 20.1. The average Bonchev–Trinajstić information content (AvgIpc) is 2.29. The van der Waals surface area contributed by atoms with Crippen LogP contribution in [0.15, 0.2) is 0 Å². The molecule has 0 bridgehead atoms. The van der Waals surface area contributed by atoms with Gasteiger partial charge in [0.2, 0.25) is 0 Å². The van der Waals surface area contributed by atoms with Gasteiger partial charge in [-0.3, -0.25) is 0 Å². The Morgan fingerprint density at radius 2 is 1.71 bits per heavy atom. The summed E-state index contributed by atoms with van der Waals surface area (Å²) in [5.74, 6) is 1.42. The second-order valence-corrected chi connectivity index (χ2v) is 6.18. The van der Waals surface area contributed by atoms with Gasteiger partial charge in [-0.15, -0.1) is 0 Å². The molecule has 0 aliphatic heterocycles. The molecule has 2 nitrogen and oxygen atoms in total. The second-order valence-electron chi connectivity index (χ2n) is 6.18. The van der Waals surface area contributed by atoms with Crippen molar-refractivity contribution in [3.63, 3.8) is 0 Å². The second kappa shape index (κ2) is 8.10. The molecule has 2 heteroatoms. The first-order chi connectivity index (χ1) is 8.09. The minimum absolute atomic E-state index is 0.374. The lowest BCUT2D eigenvalue weighted by molar-refractivity contribution is -0.00453. The Labute approximate surface area is 108 Å². The van der Waals surface area contributed by atoms with Crippen LogP contribution >= 0.6 is 0 Å². The molecule has 0 saturated heterocycles. The quantitative estimate of drug-likeness (QED) is 0.735. The van der Waals surface area contributed by atoms with Crippen LogP contribution in [0.2, 0.25) is 0 Å². The summed E-state index contributed by atoms with van der Waals surface area (Å²) in [6.07, 6.45) is 7.37. The molecule has 1 aliphatic rings. The van der Waals surface area contributed by atoms with Crippen molar-refractivity contribution < 1.29 is 4.74 Å². The van der Waals surface area contributed by atoms with Gasteiger partial charge in [-0.05, 0) is 24.7 Å². The monoisotopic (exact) mass is 241 g/mol. The summed E-state index contributed by atoms with van der Waals surface area (Å²) >= 11 is 0. The molecule has 0 aromatic carbocycles. The summed E-state index contributed by atoms with van der Waals surface area (Å²) in [7, 11) is 0. The first-order valence-electron chi connectivity index (χ1n) is 7.44. The fourth-order valence-corrected chi connectivity index (χ4v) is 2.45. The maximum Gasteiger partial charge on any atom is 0.0722 e. The highest BCUT2D eigenvalue weighted by Gasteiger charge is 2.18. The van der Waals surface area contributed by atoms with Gasteiger partial charge in [-0.2, -0.15) is 0 Å². The van der Waals surface area contributed by atoms with Crippen molar-refractivity contribution in [3.8, 4) is 0 Å². The van der Waals surface area contributed by atoms with Gasteiger partial charge >= 0.3 is 0 Å². The lowest BCUT2D eigenvalue weighted by atomic mass is 9.90. The Morgan fingerprint density at radius 3 is 2.24 bits per heavy atom. The molecular formula is C15H31NO. The van der Waals surface area contributed by atoms with Crippen LogP contribution in [0.5, 0.6) is 0 Å². The van der Waals surface area contributed by atoms with E-state index >= 15 is 0 Å². The van der Waals surface area contributed by atoms with Crippen molar-refractivity contribution >= 4 is 0 Å². The van der Waals surface area contributed by atoms with Crippen LogP contribution in [0.1, 0.15) is 59.8 Å². The Morgan fingerprint density at radius 1 is 1.06 bits per heavy atom. The zero-order valence-electron chi connectivity index (χ0n) is 12.2. The SMILES string of the molecule is CC(C)NCC(OCC1CCCCC1)C(C)C. The number of hydrogen-bond acceptors (Lipinski definition) is 2. The highest BCUT2D eigenvalue weighted by Crippen LogP contribution is 2.24. The van der Waals surface area contributed by atoms with Crippen LogP contribution in [0, 0.1) is 11.8 Å². The van der Waals surface area contributed by atoms with E-state index < -0.39 is 0 Å². The molecule has 1 fully saturated rings. The van der Waals surface area contributed by atoms with Gasteiger partial charge in [0.1, 0.15) is 0 Å². The molecule has 1 rings (SSSR count). The van der Waals surface area contributed by atoms with Crippen molar-refractivity contribution in [1.29, 1.82) is 0 Å². The van der Waals surface area contributed by atoms with E-state index in [0.717, 1.165) is 19.1 Å². The van der Waals surface area contributed by atoms with E-state index in [0.29, 0.717) is 18.1 Å². The summed E-state index contributed by atoms with van der Waals surface area (Å²) in [4.78, 5) is 0. The zero-order chi connectivity index (χ0) is 12.7. The molecule has 1 N–H and O–H groups in total. The molecule has 1 atom stereocenters. The van der Waals surface area contributed by atoms with Gasteiger partial charge < -0.3 is 10.1 Å². The van der Waals surface area contributed by atoms with E-state index in [1.54, 1.807) is 0 Å². The highest BCUT2D eigenvalue weighted by atomic mass is 16.5. The number of rotatable bonds is 7. The van der Waals surface area contributed by atoms with Gasteiger partial charge in [-0.1, -0.05) is 47.0 Å². The smallest absolute Gasteiger partial charge is 0.0722 e. The lowest BCUT2D eigenvalue weighted by Crippen LogP contribution is -2.37. The maximum absolute atomic E-state index is 6.13. The third-order valence-corrected chi connectivity index (χ3v) is 3.74. The van der Waals surface area contributed by atoms with E-state index in [1.807, 2.05) is 0 Å². The summed E-state index contributed by atoms with van der Waals surface area (Å²) in [5, 5.41) is 3.49. The topological polar surface area (TPSA) is 21.3 Å².